The molecular formula is C35H37FN8O3. The molecule has 0 radical (unpaired) electrons. The molecule has 2 fully saturated rings. The molecule has 7 rings (SSSR count). The topological polar surface area (TPSA) is 120 Å². The molecule has 1 aliphatic carbocycles. The normalized spacial score (nSPS) is 22.0. The molecule has 12 heteroatoms. The van der Waals surface area contributed by atoms with Crippen molar-refractivity contribution in [2.45, 2.75) is 24.5 Å². The van der Waals surface area contributed by atoms with E-state index in [4.69, 9.17) is 4.74 Å². The maximum Gasteiger partial charge on any atom is 0.258 e. The molecule has 0 saturated carbocycles. The molecule has 242 valence electrons. The van der Waals surface area contributed by atoms with Crippen molar-refractivity contribution in [1.82, 2.24) is 34.9 Å². The van der Waals surface area contributed by atoms with E-state index in [-0.39, 0.29) is 24.2 Å². The number of ether oxygens (including phenoxy) is 1. The van der Waals surface area contributed by atoms with Crippen molar-refractivity contribution in [1.29, 1.82) is 0 Å². The summed E-state index contributed by atoms with van der Waals surface area (Å²) >= 11 is 0. The number of aromatic nitrogens is 4. The van der Waals surface area contributed by atoms with Gasteiger partial charge in [-0.2, -0.15) is 5.10 Å². The molecule has 2 aliphatic heterocycles. The summed E-state index contributed by atoms with van der Waals surface area (Å²) < 4.78 is 19.3. The van der Waals surface area contributed by atoms with Crippen LogP contribution in [0.2, 0.25) is 0 Å². The van der Waals surface area contributed by atoms with E-state index in [0.717, 1.165) is 47.4 Å². The van der Waals surface area contributed by atoms with Crippen LogP contribution in [0, 0.1) is 5.82 Å². The molecule has 11 nitrogen and oxygen atoms in total. The minimum Gasteiger partial charge on any atom is -0.367 e. The van der Waals surface area contributed by atoms with Gasteiger partial charge < -0.3 is 15.0 Å². The number of piperazine rings is 1. The van der Waals surface area contributed by atoms with Crippen LogP contribution in [0.5, 0.6) is 0 Å². The largest absolute Gasteiger partial charge is 0.367 e. The van der Waals surface area contributed by atoms with Crippen LogP contribution in [0.4, 0.5) is 10.1 Å². The first-order chi connectivity index (χ1) is 22.9. The molecule has 3 aliphatic rings. The smallest absolute Gasteiger partial charge is 0.258 e. The Morgan fingerprint density at radius 1 is 1.06 bits per heavy atom. The molecule has 2 aromatic carbocycles. The van der Waals surface area contributed by atoms with Crippen molar-refractivity contribution in [2.24, 2.45) is 0 Å². The molecular weight excluding hydrogens is 599 g/mol. The number of hydrogen-bond donors (Lipinski definition) is 2. The molecule has 2 aromatic heterocycles. The molecule has 4 heterocycles. The number of halogens is 1. The van der Waals surface area contributed by atoms with Gasteiger partial charge >= 0.3 is 0 Å². The van der Waals surface area contributed by atoms with Gasteiger partial charge in [0.2, 0.25) is 5.91 Å². The standard InChI is InChI=1S/C35H37FN8O3/c1-47-35(34(46)39-27-9-12-30-29(21-27)32(41-40-30)24-3-7-26(36)8-4-24)13-16-42(23-35)22-31(45)44-19-17-43(18-20-44)28-10-5-25(6-11-28)33-37-14-2-15-38-33/h2-10,12,14-15,21,28H,11,13,16-20,22-23H2,1H3,(H,39,46)(H,40,41)/t28?,35-/m0/s1. The Morgan fingerprint density at radius 3 is 2.57 bits per heavy atom. The number of benzene rings is 2. The molecule has 47 heavy (non-hydrogen) atoms. The number of rotatable bonds is 8. The fourth-order valence-corrected chi connectivity index (χ4v) is 6.69. The number of nitrogens with zero attached hydrogens (tertiary/aromatic N) is 6. The van der Waals surface area contributed by atoms with Crippen LogP contribution in [0.3, 0.4) is 0 Å². The highest BCUT2D eigenvalue weighted by atomic mass is 19.1. The third kappa shape index (κ3) is 6.44. The first-order valence-corrected chi connectivity index (χ1v) is 15.9. The Morgan fingerprint density at radius 2 is 1.85 bits per heavy atom. The van der Waals surface area contributed by atoms with E-state index in [9.17, 15) is 14.0 Å². The Hall–Kier alpha value is -4.78. The average Bonchev–Trinajstić information content (AvgIpc) is 3.74. The zero-order chi connectivity index (χ0) is 32.4. The molecule has 0 bridgehead atoms. The van der Waals surface area contributed by atoms with Crippen LogP contribution in [0.25, 0.3) is 27.7 Å². The highest BCUT2D eigenvalue weighted by molar-refractivity contribution is 6.01. The van der Waals surface area contributed by atoms with Crippen LogP contribution >= 0.6 is 0 Å². The van der Waals surface area contributed by atoms with Gasteiger partial charge in [-0.1, -0.05) is 18.2 Å². The van der Waals surface area contributed by atoms with E-state index >= 15 is 0 Å². The maximum absolute atomic E-state index is 13.6. The number of H-pyrrole nitrogens is 1. The Balaban J connectivity index is 0.922. The van der Waals surface area contributed by atoms with E-state index < -0.39 is 5.60 Å². The van der Waals surface area contributed by atoms with Crippen LogP contribution < -0.4 is 5.32 Å². The van der Waals surface area contributed by atoms with E-state index in [2.05, 4.69) is 48.6 Å². The van der Waals surface area contributed by atoms with Gasteiger partial charge in [0.1, 0.15) is 5.82 Å². The number of hydrogen-bond acceptors (Lipinski definition) is 8. The van der Waals surface area contributed by atoms with E-state index in [1.165, 1.54) is 12.1 Å². The molecule has 2 amide bonds. The van der Waals surface area contributed by atoms with Crippen molar-refractivity contribution >= 4 is 34.0 Å². The van der Waals surface area contributed by atoms with Crippen LogP contribution in [0.1, 0.15) is 18.7 Å². The van der Waals surface area contributed by atoms with Crippen molar-refractivity contribution in [3.63, 3.8) is 0 Å². The molecule has 2 N–H and O–H groups in total. The van der Waals surface area contributed by atoms with Crippen molar-refractivity contribution in [3.8, 4) is 11.3 Å². The number of fused-ring (bicyclic) bond motifs is 1. The summed E-state index contributed by atoms with van der Waals surface area (Å²) in [7, 11) is 1.54. The number of nitrogens with one attached hydrogen (secondary N) is 2. The van der Waals surface area contributed by atoms with Gasteiger partial charge in [0.15, 0.2) is 11.4 Å². The highest BCUT2D eigenvalue weighted by Crippen LogP contribution is 2.31. The number of aromatic amines is 1. The summed E-state index contributed by atoms with van der Waals surface area (Å²) in [6.07, 6.45) is 11.4. The monoisotopic (exact) mass is 636 g/mol. The number of anilines is 1. The number of carbonyl (C=O) groups excluding carboxylic acids is 2. The number of amides is 2. The Labute approximate surface area is 272 Å². The third-order valence-corrected chi connectivity index (χ3v) is 9.45. The van der Waals surface area contributed by atoms with Gasteiger partial charge in [-0.25, -0.2) is 14.4 Å². The van der Waals surface area contributed by atoms with Gasteiger partial charge in [0, 0.05) is 87.0 Å². The predicted octanol–water partition coefficient (Wildman–Crippen LogP) is 3.74. The lowest BCUT2D eigenvalue weighted by Crippen LogP contribution is -2.53. The maximum atomic E-state index is 13.6. The van der Waals surface area contributed by atoms with Gasteiger partial charge in [-0.05, 0) is 61.4 Å². The molecule has 0 spiro atoms. The van der Waals surface area contributed by atoms with E-state index in [1.54, 1.807) is 31.6 Å². The summed E-state index contributed by atoms with van der Waals surface area (Å²) in [6.45, 7) is 4.09. The predicted molar refractivity (Wildman–Crippen MR) is 177 cm³/mol. The van der Waals surface area contributed by atoms with Gasteiger partial charge in [-0.3, -0.25) is 24.5 Å². The summed E-state index contributed by atoms with van der Waals surface area (Å²) in [5.74, 6) is 0.230. The number of likely N-dealkylation sites (tertiary alicyclic amines) is 1. The summed E-state index contributed by atoms with van der Waals surface area (Å²) in [6, 6.07) is 13.8. The summed E-state index contributed by atoms with van der Waals surface area (Å²) in [4.78, 5) is 42.0. The van der Waals surface area contributed by atoms with Crippen LogP contribution in [0.15, 0.2) is 79.2 Å². The van der Waals surface area contributed by atoms with Gasteiger partial charge in [0.25, 0.3) is 5.91 Å². The van der Waals surface area contributed by atoms with Crippen LogP contribution in [-0.2, 0) is 14.3 Å². The molecule has 2 atom stereocenters. The molecule has 2 saturated heterocycles. The Kier molecular flexibility index (Phi) is 8.63. The lowest BCUT2D eigenvalue weighted by molar-refractivity contribution is -0.138. The van der Waals surface area contributed by atoms with Crippen LogP contribution in [-0.4, -0.2) is 111 Å². The first kappa shape index (κ1) is 30.9. The van der Waals surface area contributed by atoms with E-state index in [1.807, 2.05) is 34.1 Å². The minimum atomic E-state index is -1.07. The lowest BCUT2D eigenvalue weighted by Gasteiger charge is -2.39. The molecule has 1 unspecified atom stereocenters. The van der Waals surface area contributed by atoms with Gasteiger partial charge in [-0.15, -0.1) is 0 Å². The van der Waals surface area contributed by atoms with Crippen molar-refractivity contribution < 1.29 is 18.7 Å². The number of allylic oxidation sites excluding steroid dienone is 2. The van der Waals surface area contributed by atoms with Gasteiger partial charge in [0.05, 0.1) is 17.8 Å². The minimum absolute atomic E-state index is 0.0679. The quantitative estimate of drug-likeness (QED) is 0.300. The fraction of sp³-hybridized carbons (Fsp3) is 0.343. The molecule has 4 aromatic rings. The number of methoxy groups -OCH3 is 1. The second kappa shape index (κ2) is 13.1. The highest BCUT2D eigenvalue weighted by Gasteiger charge is 2.45. The third-order valence-electron chi connectivity index (χ3n) is 9.45. The zero-order valence-electron chi connectivity index (χ0n) is 26.2. The zero-order valence-corrected chi connectivity index (χ0v) is 26.2. The summed E-state index contributed by atoms with van der Waals surface area (Å²) in [5.41, 5.74) is 2.80. The van der Waals surface area contributed by atoms with Crippen molar-refractivity contribution in [3.05, 3.63) is 90.8 Å². The first-order valence-electron chi connectivity index (χ1n) is 15.9. The summed E-state index contributed by atoms with van der Waals surface area (Å²) in [5, 5.41) is 11.2. The van der Waals surface area contributed by atoms with E-state index in [0.29, 0.717) is 50.0 Å². The lowest BCUT2D eigenvalue weighted by atomic mass is 10.0. The number of carbonyl (C=O) groups is 2. The SMILES string of the molecule is CO[C@@]1(C(=O)Nc2ccc3[nH]nc(-c4ccc(F)cc4)c3c2)CCN(CC(=O)N2CCN(C3C=CC(c4ncccn4)=CC3)CC2)C1. The average molecular weight is 637 g/mol. The van der Waals surface area contributed by atoms with Crippen molar-refractivity contribution in [2.75, 3.05) is 58.2 Å². The second-order valence-corrected chi connectivity index (χ2v) is 12.3. The fourth-order valence-electron chi connectivity index (χ4n) is 6.69. The second-order valence-electron chi connectivity index (χ2n) is 12.3. The Bertz CT molecular complexity index is 1820.